The van der Waals surface area contributed by atoms with Gasteiger partial charge in [0.05, 0.1) is 25.7 Å². The highest BCUT2D eigenvalue weighted by Gasteiger charge is 2.37. The summed E-state index contributed by atoms with van der Waals surface area (Å²) in [5.74, 6) is -2.98. The summed E-state index contributed by atoms with van der Waals surface area (Å²) in [6, 6.07) is -2.77. The number of nitrogens with one attached hydrogen (secondary N) is 1. The standard InChI is InChI=1S/C36H62ClN5O7/c1-12-25(7)20-32(44)40(9)31(19-26(8)18-28(37)13-2)36(48)42(11)30(17-24(5)6)34(46)39-21-27(22-49-15-14-43)35(47)41(10)29(33(38)45)16-23(3)4/h13,18,23-25,27,29-31,43H,2,8,12,14-17,19-22H2,1,3-7,9-11H3,(H2,38,45)(H,39,46)/b28-18+/t25?,27-,29-,30-,31-/m0/s1. The van der Waals surface area contributed by atoms with E-state index < -0.39 is 47.7 Å². The number of rotatable bonds is 24. The summed E-state index contributed by atoms with van der Waals surface area (Å²) < 4.78 is 5.47. The van der Waals surface area contributed by atoms with Crippen LogP contribution in [0.2, 0.25) is 0 Å². The van der Waals surface area contributed by atoms with E-state index in [1.807, 2.05) is 41.5 Å². The van der Waals surface area contributed by atoms with Gasteiger partial charge in [-0.3, -0.25) is 24.0 Å². The molecule has 5 amide bonds. The molecule has 49 heavy (non-hydrogen) atoms. The monoisotopic (exact) mass is 711 g/mol. The van der Waals surface area contributed by atoms with Crippen molar-refractivity contribution in [1.29, 1.82) is 0 Å². The largest absolute Gasteiger partial charge is 0.394 e. The van der Waals surface area contributed by atoms with E-state index in [1.165, 1.54) is 34.9 Å². The lowest BCUT2D eigenvalue weighted by Gasteiger charge is -2.36. The van der Waals surface area contributed by atoms with Gasteiger partial charge in [-0.25, -0.2) is 0 Å². The highest BCUT2D eigenvalue weighted by molar-refractivity contribution is 6.31. The molecular formula is C36H62ClN5O7. The first kappa shape index (κ1) is 45.8. The van der Waals surface area contributed by atoms with Crippen LogP contribution in [0.1, 0.15) is 73.6 Å². The van der Waals surface area contributed by atoms with E-state index in [9.17, 15) is 29.1 Å². The third kappa shape index (κ3) is 16.4. The van der Waals surface area contributed by atoms with Gasteiger partial charge in [-0.15, -0.1) is 0 Å². The fourth-order valence-corrected chi connectivity index (χ4v) is 5.34. The number of carbonyl (C=O) groups excluding carboxylic acids is 5. The molecule has 0 spiro atoms. The van der Waals surface area contributed by atoms with Crippen LogP contribution in [-0.4, -0.2) is 115 Å². The Kier molecular flexibility index (Phi) is 21.7. The van der Waals surface area contributed by atoms with Crippen LogP contribution < -0.4 is 11.1 Å². The summed E-state index contributed by atoms with van der Waals surface area (Å²) in [4.78, 5) is 71.1. The number of hydrogen-bond acceptors (Lipinski definition) is 7. The van der Waals surface area contributed by atoms with Gasteiger partial charge in [-0.1, -0.05) is 84.4 Å². The smallest absolute Gasteiger partial charge is 0.246 e. The van der Waals surface area contributed by atoms with Crippen LogP contribution in [0.25, 0.3) is 0 Å². The minimum Gasteiger partial charge on any atom is -0.394 e. The predicted molar refractivity (Wildman–Crippen MR) is 194 cm³/mol. The van der Waals surface area contributed by atoms with Gasteiger partial charge in [0, 0.05) is 45.6 Å². The third-order valence-electron chi connectivity index (χ3n) is 8.44. The van der Waals surface area contributed by atoms with E-state index in [0.29, 0.717) is 23.4 Å². The molecule has 0 heterocycles. The predicted octanol–water partition coefficient (Wildman–Crippen LogP) is 3.48. The van der Waals surface area contributed by atoms with E-state index >= 15 is 0 Å². The number of ether oxygens (including phenoxy) is 1. The van der Waals surface area contributed by atoms with Crippen molar-refractivity contribution in [3.8, 4) is 0 Å². The summed E-state index contributed by atoms with van der Waals surface area (Å²) in [7, 11) is 4.58. The van der Waals surface area contributed by atoms with E-state index in [0.717, 1.165) is 6.42 Å². The number of halogens is 1. The second-order valence-corrected chi connectivity index (χ2v) is 14.1. The Morgan fingerprint density at radius 3 is 1.94 bits per heavy atom. The van der Waals surface area contributed by atoms with Crippen LogP contribution >= 0.6 is 11.6 Å². The van der Waals surface area contributed by atoms with Crippen molar-refractivity contribution < 1.29 is 33.8 Å². The normalized spacial score (nSPS) is 14.8. The first-order valence-electron chi connectivity index (χ1n) is 17.0. The number of nitrogens with zero attached hydrogens (tertiary/aromatic N) is 3. The van der Waals surface area contributed by atoms with Crippen molar-refractivity contribution >= 4 is 41.1 Å². The molecule has 0 rings (SSSR count). The number of amides is 5. The molecule has 12 nitrogen and oxygen atoms in total. The summed E-state index contributed by atoms with van der Waals surface area (Å²) in [5, 5.41) is 12.4. The number of primary amides is 1. The summed E-state index contributed by atoms with van der Waals surface area (Å²) in [6.45, 7) is 18.7. The number of allylic oxidation sites excluding steroid dienone is 3. The van der Waals surface area contributed by atoms with Crippen LogP contribution in [0.15, 0.2) is 35.9 Å². The molecule has 4 N–H and O–H groups in total. The van der Waals surface area contributed by atoms with Crippen molar-refractivity contribution in [3.63, 3.8) is 0 Å². The molecule has 280 valence electrons. The van der Waals surface area contributed by atoms with Crippen LogP contribution in [0.5, 0.6) is 0 Å². The van der Waals surface area contributed by atoms with Gasteiger partial charge in [0.2, 0.25) is 29.5 Å². The molecule has 13 heteroatoms. The molecule has 0 radical (unpaired) electrons. The number of aliphatic hydroxyl groups is 1. The molecule has 0 fully saturated rings. The zero-order valence-corrected chi connectivity index (χ0v) is 31.9. The Labute approximate surface area is 299 Å². The second kappa shape index (κ2) is 23.2. The second-order valence-electron chi connectivity index (χ2n) is 13.7. The van der Waals surface area contributed by atoms with Crippen LogP contribution in [0.3, 0.4) is 0 Å². The number of aliphatic hydroxyl groups excluding tert-OH is 1. The highest BCUT2D eigenvalue weighted by Crippen LogP contribution is 2.21. The van der Waals surface area contributed by atoms with E-state index in [4.69, 9.17) is 22.1 Å². The zero-order valence-electron chi connectivity index (χ0n) is 31.2. The van der Waals surface area contributed by atoms with Gasteiger partial charge in [0.15, 0.2) is 0 Å². The van der Waals surface area contributed by atoms with Crippen molar-refractivity contribution in [2.75, 3.05) is 47.5 Å². The van der Waals surface area contributed by atoms with Crippen molar-refractivity contribution in [1.82, 2.24) is 20.0 Å². The number of carbonyl (C=O) groups is 5. The van der Waals surface area contributed by atoms with Crippen molar-refractivity contribution in [3.05, 3.63) is 35.9 Å². The van der Waals surface area contributed by atoms with Gasteiger partial charge in [0.25, 0.3) is 0 Å². The Hall–Kier alpha value is -3.22. The maximum Gasteiger partial charge on any atom is 0.246 e. The van der Waals surface area contributed by atoms with E-state index in [2.05, 4.69) is 18.5 Å². The van der Waals surface area contributed by atoms with E-state index in [1.54, 1.807) is 13.1 Å². The van der Waals surface area contributed by atoms with Gasteiger partial charge >= 0.3 is 0 Å². The SMILES string of the molecule is C=C/C(Cl)=C\C(=C)C[C@@H](C(=O)N(C)[C@@H](CC(C)C)C(=O)NC[C@@H](COCCO)C(=O)N(C)[C@@H](CC(C)C)C(N)=O)N(C)C(=O)CC(C)CC. The molecule has 5 atom stereocenters. The molecule has 0 aliphatic heterocycles. The zero-order chi connectivity index (χ0) is 38.0. The first-order valence-corrected chi connectivity index (χ1v) is 17.4. The molecule has 0 bridgehead atoms. The summed E-state index contributed by atoms with van der Waals surface area (Å²) >= 11 is 6.14. The Bertz CT molecular complexity index is 1160. The maximum absolute atomic E-state index is 14.2. The number of likely N-dealkylation sites (N-methyl/N-ethyl adjacent to an activating group) is 3. The number of hydrogen-bond donors (Lipinski definition) is 3. The fraction of sp³-hybridized carbons (Fsp3) is 0.694. The molecule has 0 aliphatic rings. The Morgan fingerprint density at radius 1 is 0.898 bits per heavy atom. The maximum atomic E-state index is 14.2. The lowest BCUT2D eigenvalue weighted by Crippen LogP contribution is -2.56. The van der Waals surface area contributed by atoms with Crippen LogP contribution in [0, 0.1) is 23.7 Å². The van der Waals surface area contributed by atoms with Gasteiger partial charge < -0.3 is 35.6 Å². The topological polar surface area (TPSA) is 163 Å². The van der Waals surface area contributed by atoms with Gasteiger partial charge in [-0.05, 0) is 36.7 Å². The lowest BCUT2D eigenvalue weighted by molar-refractivity contribution is -0.148. The highest BCUT2D eigenvalue weighted by atomic mass is 35.5. The molecule has 0 aliphatic carbocycles. The Morgan fingerprint density at radius 2 is 1.45 bits per heavy atom. The van der Waals surface area contributed by atoms with Crippen molar-refractivity contribution in [2.24, 2.45) is 29.4 Å². The summed E-state index contributed by atoms with van der Waals surface area (Å²) in [6.07, 6.45) is 4.80. The molecule has 0 saturated heterocycles. The average molecular weight is 712 g/mol. The van der Waals surface area contributed by atoms with Gasteiger partial charge in [0.1, 0.15) is 18.1 Å². The minimum atomic E-state index is -0.969. The molecule has 0 saturated carbocycles. The number of nitrogens with two attached hydrogens (primary N) is 1. The summed E-state index contributed by atoms with van der Waals surface area (Å²) in [5.41, 5.74) is 6.13. The quantitative estimate of drug-likeness (QED) is 0.102. The molecule has 0 aromatic heterocycles. The fourth-order valence-electron chi connectivity index (χ4n) is 5.19. The van der Waals surface area contributed by atoms with E-state index in [-0.39, 0.29) is 62.9 Å². The molecule has 0 aromatic carbocycles. The van der Waals surface area contributed by atoms with Crippen LogP contribution in [0.4, 0.5) is 0 Å². The van der Waals surface area contributed by atoms with Crippen LogP contribution in [-0.2, 0) is 28.7 Å². The first-order chi connectivity index (χ1) is 22.8. The molecule has 1 unspecified atom stereocenters. The lowest BCUT2D eigenvalue weighted by atomic mass is 9.98. The van der Waals surface area contributed by atoms with Crippen molar-refractivity contribution in [2.45, 2.75) is 91.8 Å². The van der Waals surface area contributed by atoms with Gasteiger partial charge in [-0.2, -0.15) is 0 Å². The molecule has 0 aromatic rings. The minimum absolute atomic E-state index is 0.00215. The average Bonchev–Trinajstić information content (AvgIpc) is 3.04. The molecular weight excluding hydrogens is 650 g/mol. The third-order valence-corrected chi connectivity index (χ3v) is 8.70. The Balaban J connectivity index is 6.39.